The number of hydrogen-bond donors (Lipinski definition) is 1. The van der Waals surface area contributed by atoms with E-state index in [2.05, 4.69) is 10.2 Å². The van der Waals surface area contributed by atoms with Gasteiger partial charge < -0.3 is 19.4 Å². The molecule has 0 saturated carbocycles. The van der Waals surface area contributed by atoms with Crippen LogP contribution in [-0.2, 0) is 4.74 Å². The third-order valence-electron chi connectivity index (χ3n) is 4.12. The highest BCUT2D eigenvalue weighted by Gasteiger charge is 2.33. The molecule has 2 heterocycles. The summed E-state index contributed by atoms with van der Waals surface area (Å²) in [4.78, 5) is 14.6. The van der Waals surface area contributed by atoms with Gasteiger partial charge in [-0.15, -0.1) is 0 Å². The largest absolute Gasteiger partial charge is 0.451 e. The molecule has 0 radical (unpaired) electrons. The molecule has 1 saturated heterocycles. The zero-order chi connectivity index (χ0) is 17.1. The van der Waals surface area contributed by atoms with E-state index in [4.69, 9.17) is 20.8 Å². The van der Waals surface area contributed by atoms with Crippen molar-refractivity contribution in [2.45, 2.75) is 19.1 Å². The van der Waals surface area contributed by atoms with E-state index in [0.717, 1.165) is 18.7 Å². The number of furan rings is 1. The quantitative estimate of drug-likeness (QED) is 0.902. The van der Waals surface area contributed by atoms with E-state index in [1.165, 1.54) is 0 Å². The van der Waals surface area contributed by atoms with E-state index < -0.39 is 0 Å². The number of ether oxygens (including phenoxy) is 1. The maximum atomic E-state index is 12.5. The molecule has 2 aromatic rings. The molecule has 0 bridgehead atoms. The lowest BCUT2D eigenvalue weighted by molar-refractivity contribution is 0.0507. The van der Waals surface area contributed by atoms with Crippen molar-refractivity contribution in [2.75, 3.05) is 26.7 Å². The minimum absolute atomic E-state index is 0.00181. The average molecular weight is 349 g/mol. The lowest BCUT2D eigenvalue weighted by atomic mass is 10.2. The molecule has 1 aromatic heterocycles. The second-order valence-electron chi connectivity index (χ2n) is 5.94. The number of amides is 1. The Hall–Kier alpha value is -1.82. The van der Waals surface area contributed by atoms with Crippen LogP contribution in [0.25, 0.3) is 11.3 Å². The number of carbonyl (C=O) groups is 1. The molecule has 2 atom stereocenters. The normalized spacial score (nSPS) is 21.1. The first-order chi connectivity index (χ1) is 11.6. The molecule has 1 aromatic carbocycles. The standard InChI is InChI=1S/C18H21ClN2O3/c1-3-23-17-11-21(2)10-14(17)20-18(22)16-9-8-15(24-16)12-6-4-5-7-13(12)19/h4-9,14,17H,3,10-11H2,1-2H3,(H,20,22)/t14-,17-/m0/s1. The summed E-state index contributed by atoms with van der Waals surface area (Å²) in [6.07, 6.45) is 0.00181. The van der Waals surface area contributed by atoms with Gasteiger partial charge >= 0.3 is 0 Å². The van der Waals surface area contributed by atoms with Gasteiger partial charge in [0.2, 0.25) is 0 Å². The van der Waals surface area contributed by atoms with Gasteiger partial charge in [0.1, 0.15) is 5.76 Å². The van der Waals surface area contributed by atoms with Gasteiger partial charge in [0.15, 0.2) is 5.76 Å². The molecule has 0 unspecified atom stereocenters. The summed E-state index contributed by atoms with van der Waals surface area (Å²) in [5.74, 6) is 0.615. The smallest absolute Gasteiger partial charge is 0.287 e. The summed E-state index contributed by atoms with van der Waals surface area (Å²) in [5.41, 5.74) is 0.769. The molecule has 6 heteroatoms. The van der Waals surface area contributed by atoms with Gasteiger partial charge in [0, 0.05) is 25.3 Å². The van der Waals surface area contributed by atoms with Crippen LogP contribution >= 0.6 is 11.6 Å². The summed E-state index contributed by atoms with van der Waals surface area (Å²) in [6.45, 7) is 4.15. The lowest BCUT2D eigenvalue weighted by Gasteiger charge is -2.19. The number of nitrogens with one attached hydrogen (secondary N) is 1. The van der Waals surface area contributed by atoms with Crippen molar-refractivity contribution in [3.05, 3.63) is 47.2 Å². The third-order valence-corrected chi connectivity index (χ3v) is 4.44. The summed E-state index contributed by atoms with van der Waals surface area (Å²) < 4.78 is 11.4. The van der Waals surface area contributed by atoms with Gasteiger partial charge in [-0.1, -0.05) is 23.7 Å². The van der Waals surface area contributed by atoms with Gasteiger partial charge in [-0.3, -0.25) is 4.79 Å². The molecule has 1 amide bonds. The number of carbonyl (C=O) groups excluding carboxylic acids is 1. The molecular formula is C18H21ClN2O3. The zero-order valence-electron chi connectivity index (χ0n) is 13.8. The summed E-state index contributed by atoms with van der Waals surface area (Å²) in [7, 11) is 2.01. The first-order valence-corrected chi connectivity index (χ1v) is 8.42. The Morgan fingerprint density at radius 3 is 2.88 bits per heavy atom. The summed E-state index contributed by atoms with van der Waals surface area (Å²) in [5, 5.41) is 3.60. The van der Waals surface area contributed by atoms with E-state index in [-0.39, 0.29) is 23.8 Å². The van der Waals surface area contributed by atoms with Crippen molar-refractivity contribution >= 4 is 17.5 Å². The Kier molecular flexibility index (Phi) is 5.23. The van der Waals surface area contributed by atoms with Crippen LogP contribution < -0.4 is 5.32 Å². The minimum Gasteiger partial charge on any atom is -0.451 e. The van der Waals surface area contributed by atoms with Crippen LogP contribution in [0.4, 0.5) is 0 Å². The fourth-order valence-electron chi connectivity index (χ4n) is 2.99. The Bertz CT molecular complexity index is 716. The van der Waals surface area contributed by atoms with Gasteiger partial charge in [0.05, 0.1) is 17.2 Å². The van der Waals surface area contributed by atoms with Gasteiger partial charge in [-0.25, -0.2) is 0 Å². The molecule has 0 aliphatic carbocycles. The molecule has 3 rings (SSSR count). The summed E-state index contributed by atoms with van der Waals surface area (Å²) in [6, 6.07) is 10.8. The molecule has 1 N–H and O–H groups in total. The minimum atomic E-state index is -0.238. The number of nitrogens with zero attached hydrogens (tertiary/aromatic N) is 1. The van der Waals surface area contributed by atoms with Crippen LogP contribution in [0, 0.1) is 0 Å². The van der Waals surface area contributed by atoms with Crippen LogP contribution in [0.3, 0.4) is 0 Å². The Balaban J connectivity index is 1.71. The van der Waals surface area contributed by atoms with Crippen LogP contribution in [-0.4, -0.2) is 49.7 Å². The second kappa shape index (κ2) is 7.38. The van der Waals surface area contributed by atoms with Crippen LogP contribution in [0.1, 0.15) is 17.5 Å². The number of hydrogen-bond acceptors (Lipinski definition) is 4. The Labute approximate surface area is 146 Å². The van der Waals surface area contributed by atoms with E-state index in [9.17, 15) is 4.79 Å². The van der Waals surface area contributed by atoms with Crippen molar-refractivity contribution in [3.8, 4) is 11.3 Å². The summed E-state index contributed by atoms with van der Waals surface area (Å²) >= 11 is 6.17. The van der Waals surface area contributed by atoms with Crippen molar-refractivity contribution in [2.24, 2.45) is 0 Å². The Morgan fingerprint density at radius 1 is 1.33 bits per heavy atom. The predicted molar refractivity (Wildman–Crippen MR) is 93.3 cm³/mol. The van der Waals surface area contributed by atoms with Crippen molar-refractivity contribution in [3.63, 3.8) is 0 Å². The predicted octanol–water partition coefficient (Wildman–Crippen LogP) is 3.05. The first kappa shape index (κ1) is 17.0. The van der Waals surface area contributed by atoms with Gasteiger partial charge in [-0.2, -0.15) is 0 Å². The molecule has 128 valence electrons. The fraction of sp³-hybridized carbons (Fsp3) is 0.389. The Morgan fingerprint density at radius 2 is 2.12 bits per heavy atom. The van der Waals surface area contributed by atoms with Crippen molar-refractivity contribution in [1.29, 1.82) is 0 Å². The highest BCUT2D eigenvalue weighted by atomic mass is 35.5. The molecule has 0 spiro atoms. The average Bonchev–Trinajstić information content (AvgIpc) is 3.16. The van der Waals surface area contributed by atoms with Crippen LogP contribution in [0.15, 0.2) is 40.8 Å². The van der Waals surface area contributed by atoms with Gasteiger partial charge in [-0.05, 0) is 38.2 Å². The zero-order valence-corrected chi connectivity index (χ0v) is 14.5. The van der Waals surface area contributed by atoms with E-state index in [0.29, 0.717) is 17.4 Å². The first-order valence-electron chi connectivity index (χ1n) is 8.04. The van der Waals surface area contributed by atoms with Gasteiger partial charge in [0.25, 0.3) is 5.91 Å². The number of likely N-dealkylation sites (N-methyl/N-ethyl adjacent to an activating group) is 1. The second-order valence-corrected chi connectivity index (χ2v) is 6.35. The molecule has 24 heavy (non-hydrogen) atoms. The number of halogens is 1. The highest BCUT2D eigenvalue weighted by Crippen LogP contribution is 2.29. The van der Waals surface area contributed by atoms with Crippen molar-refractivity contribution in [1.82, 2.24) is 10.2 Å². The fourth-order valence-corrected chi connectivity index (χ4v) is 3.22. The molecule has 5 nitrogen and oxygen atoms in total. The third kappa shape index (κ3) is 3.64. The number of rotatable bonds is 5. The van der Waals surface area contributed by atoms with E-state index >= 15 is 0 Å². The van der Waals surface area contributed by atoms with Crippen molar-refractivity contribution < 1.29 is 13.9 Å². The maximum Gasteiger partial charge on any atom is 0.287 e. The highest BCUT2D eigenvalue weighted by molar-refractivity contribution is 6.33. The molecular weight excluding hydrogens is 328 g/mol. The van der Waals surface area contributed by atoms with Crippen LogP contribution in [0.2, 0.25) is 5.02 Å². The maximum absolute atomic E-state index is 12.5. The molecule has 1 aliphatic rings. The topological polar surface area (TPSA) is 54.7 Å². The molecule has 1 fully saturated rings. The van der Waals surface area contributed by atoms with E-state index in [1.807, 2.05) is 32.2 Å². The van der Waals surface area contributed by atoms with Crippen LogP contribution in [0.5, 0.6) is 0 Å². The number of benzene rings is 1. The molecule has 1 aliphatic heterocycles. The SMILES string of the molecule is CCO[C@H]1CN(C)C[C@@H]1NC(=O)c1ccc(-c2ccccc2Cl)o1. The monoisotopic (exact) mass is 348 g/mol. The van der Waals surface area contributed by atoms with E-state index in [1.54, 1.807) is 18.2 Å². The number of likely N-dealkylation sites (tertiary alicyclic amines) is 1. The lowest BCUT2D eigenvalue weighted by Crippen LogP contribution is -2.43.